The number of likely N-dealkylation sites (tertiary alicyclic amines) is 1. The minimum absolute atomic E-state index is 0.0323. The number of carbonyl (C=O) groups excluding carboxylic acids is 2. The molecule has 0 saturated carbocycles. The van der Waals surface area contributed by atoms with Gasteiger partial charge >= 0.3 is 0 Å². The van der Waals surface area contributed by atoms with Crippen LogP contribution >= 0.6 is 11.3 Å². The Hall–Kier alpha value is -1.47. The van der Waals surface area contributed by atoms with Gasteiger partial charge in [-0.05, 0) is 24.3 Å². The molecule has 1 saturated heterocycles. The molecule has 7 heteroatoms. The van der Waals surface area contributed by atoms with Crippen LogP contribution in [0.2, 0.25) is 0 Å². The van der Waals surface area contributed by atoms with Gasteiger partial charge in [-0.1, -0.05) is 0 Å². The Morgan fingerprint density at radius 3 is 2.81 bits per heavy atom. The molecular formula is C14H20FN3O2S. The van der Waals surface area contributed by atoms with E-state index in [4.69, 9.17) is 5.73 Å². The predicted octanol–water partition coefficient (Wildman–Crippen LogP) is 1.03. The number of alkyl halides is 1. The van der Waals surface area contributed by atoms with E-state index in [9.17, 15) is 14.0 Å². The van der Waals surface area contributed by atoms with E-state index in [1.807, 2.05) is 17.7 Å². The lowest BCUT2D eigenvalue weighted by Gasteiger charge is -2.27. The molecule has 2 atom stereocenters. The third kappa shape index (κ3) is 3.79. The van der Waals surface area contributed by atoms with Gasteiger partial charge in [0.2, 0.25) is 5.91 Å². The number of thiophene rings is 1. The van der Waals surface area contributed by atoms with Crippen LogP contribution in [0.1, 0.15) is 22.3 Å². The molecule has 0 radical (unpaired) electrons. The number of amides is 2. The van der Waals surface area contributed by atoms with Crippen molar-refractivity contribution in [1.82, 2.24) is 9.80 Å². The van der Waals surface area contributed by atoms with Crippen molar-refractivity contribution < 1.29 is 14.0 Å². The van der Waals surface area contributed by atoms with Crippen LogP contribution < -0.4 is 5.73 Å². The highest BCUT2D eigenvalue weighted by atomic mass is 32.1. The Morgan fingerprint density at radius 2 is 2.24 bits per heavy atom. The Bertz CT molecular complexity index is 534. The normalized spacial score (nSPS) is 22.4. The topological polar surface area (TPSA) is 66.6 Å². The molecule has 1 aromatic rings. The van der Waals surface area contributed by atoms with Crippen molar-refractivity contribution in [2.24, 2.45) is 5.73 Å². The average molecular weight is 313 g/mol. The molecule has 1 aliphatic rings. The van der Waals surface area contributed by atoms with E-state index in [1.165, 1.54) is 11.3 Å². The summed E-state index contributed by atoms with van der Waals surface area (Å²) in [7, 11) is 1.70. The molecule has 5 nitrogen and oxygen atoms in total. The van der Waals surface area contributed by atoms with E-state index < -0.39 is 12.1 Å². The number of hydrogen-bond acceptors (Lipinski definition) is 4. The first kappa shape index (κ1) is 15.9. The van der Waals surface area contributed by atoms with Gasteiger partial charge in [-0.2, -0.15) is 11.3 Å². The van der Waals surface area contributed by atoms with Gasteiger partial charge < -0.3 is 10.6 Å². The van der Waals surface area contributed by atoms with Crippen LogP contribution in [0.5, 0.6) is 0 Å². The zero-order chi connectivity index (χ0) is 15.6. The van der Waals surface area contributed by atoms with Crippen molar-refractivity contribution in [1.29, 1.82) is 0 Å². The van der Waals surface area contributed by atoms with E-state index in [1.54, 1.807) is 16.8 Å². The highest BCUT2D eigenvalue weighted by Crippen LogP contribution is 2.22. The first-order valence-electron chi connectivity index (χ1n) is 6.83. The molecule has 2 amide bonds. The third-order valence-electron chi connectivity index (χ3n) is 3.75. The van der Waals surface area contributed by atoms with Gasteiger partial charge in [-0.3, -0.25) is 14.5 Å². The van der Waals surface area contributed by atoms with Gasteiger partial charge in [0.1, 0.15) is 6.17 Å². The largest absolute Gasteiger partial charge is 0.369 e. The summed E-state index contributed by atoms with van der Waals surface area (Å²) in [6.45, 7) is 2.52. The van der Waals surface area contributed by atoms with Crippen LogP contribution in [0.15, 0.2) is 10.8 Å². The second-order valence-corrected chi connectivity index (χ2v) is 6.28. The summed E-state index contributed by atoms with van der Waals surface area (Å²) in [6.07, 6.45) is -0.645. The second-order valence-electron chi connectivity index (χ2n) is 5.54. The average Bonchev–Trinajstić information content (AvgIpc) is 2.94. The van der Waals surface area contributed by atoms with Crippen molar-refractivity contribution in [3.63, 3.8) is 0 Å². The fraction of sp³-hybridized carbons (Fsp3) is 0.571. The summed E-state index contributed by atoms with van der Waals surface area (Å²) in [5.74, 6) is -0.549. The number of hydrogen-bond donors (Lipinski definition) is 1. The lowest BCUT2D eigenvalue weighted by Crippen LogP contribution is -2.44. The maximum Gasteiger partial charge on any atom is 0.254 e. The first-order valence-corrected chi connectivity index (χ1v) is 7.77. The fourth-order valence-electron chi connectivity index (χ4n) is 2.69. The number of carbonyl (C=O) groups is 2. The SMILES string of the molecule is Cc1cscc1C(=O)N(C)C[C@@H]1C[C@H](F)CN1CC(N)=O. The smallest absolute Gasteiger partial charge is 0.254 e. The van der Waals surface area contributed by atoms with Crippen LogP contribution in [0.4, 0.5) is 4.39 Å². The minimum atomic E-state index is -0.972. The summed E-state index contributed by atoms with van der Waals surface area (Å²) >= 11 is 1.48. The molecule has 1 aliphatic heterocycles. The highest BCUT2D eigenvalue weighted by molar-refractivity contribution is 7.08. The number of primary amides is 1. The van der Waals surface area contributed by atoms with Gasteiger partial charge in [-0.25, -0.2) is 4.39 Å². The number of likely N-dealkylation sites (N-methyl/N-ethyl adjacent to an activating group) is 1. The quantitative estimate of drug-likeness (QED) is 0.883. The monoisotopic (exact) mass is 313 g/mol. The van der Waals surface area contributed by atoms with Crippen LogP contribution in [0.3, 0.4) is 0 Å². The molecule has 0 unspecified atom stereocenters. The minimum Gasteiger partial charge on any atom is -0.369 e. The summed E-state index contributed by atoms with van der Waals surface area (Å²) in [4.78, 5) is 26.7. The molecule has 0 aromatic carbocycles. The zero-order valence-electron chi connectivity index (χ0n) is 12.2. The van der Waals surface area contributed by atoms with Crippen molar-refractivity contribution >= 4 is 23.2 Å². The Morgan fingerprint density at radius 1 is 1.52 bits per heavy atom. The van der Waals surface area contributed by atoms with Gasteiger partial charge in [-0.15, -0.1) is 0 Å². The number of rotatable bonds is 5. The van der Waals surface area contributed by atoms with Crippen molar-refractivity contribution in [3.8, 4) is 0 Å². The molecule has 1 fully saturated rings. The Kier molecular flexibility index (Phi) is 4.95. The molecular weight excluding hydrogens is 293 g/mol. The lowest BCUT2D eigenvalue weighted by molar-refractivity contribution is -0.119. The molecule has 116 valence electrons. The number of halogens is 1. The van der Waals surface area contributed by atoms with E-state index in [0.29, 0.717) is 18.5 Å². The van der Waals surface area contributed by atoms with Gasteiger partial charge in [0, 0.05) is 31.6 Å². The molecule has 1 aromatic heterocycles. The molecule has 0 aliphatic carbocycles. The van der Waals surface area contributed by atoms with Crippen molar-refractivity contribution in [2.75, 3.05) is 26.7 Å². The van der Waals surface area contributed by atoms with Crippen LogP contribution in [-0.2, 0) is 4.79 Å². The fourth-order valence-corrected chi connectivity index (χ4v) is 3.51. The first-order chi connectivity index (χ1) is 9.88. The molecule has 0 spiro atoms. The third-order valence-corrected chi connectivity index (χ3v) is 4.61. The number of nitrogens with zero attached hydrogens (tertiary/aromatic N) is 2. The van der Waals surface area contributed by atoms with Gasteiger partial charge in [0.15, 0.2) is 0 Å². The van der Waals surface area contributed by atoms with Crippen LogP contribution in [-0.4, -0.2) is 60.5 Å². The second kappa shape index (κ2) is 6.53. The standard InChI is InChI=1S/C14H20FN3O2S/c1-9-7-21-8-12(9)14(20)17(2)5-11-3-10(15)4-18(11)6-13(16)19/h7-8,10-11H,3-6H2,1-2H3,(H2,16,19)/t10-,11-/m0/s1. The molecule has 2 heterocycles. The lowest BCUT2D eigenvalue weighted by atomic mass is 10.1. The summed E-state index contributed by atoms with van der Waals surface area (Å²) < 4.78 is 13.6. The Balaban J connectivity index is 2.01. The summed E-state index contributed by atoms with van der Waals surface area (Å²) in [6, 6.07) is -0.166. The predicted molar refractivity (Wildman–Crippen MR) is 80.1 cm³/mol. The number of aryl methyl sites for hydroxylation is 1. The number of nitrogens with two attached hydrogens (primary N) is 1. The van der Waals surface area contributed by atoms with E-state index in [-0.39, 0.29) is 25.0 Å². The highest BCUT2D eigenvalue weighted by Gasteiger charge is 2.34. The molecule has 21 heavy (non-hydrogen) atoms. The molecule has 0 bridgehead atoms. The van der Waals surface area contributed by atoms with Crippen LogP contribution in [0.25, 0.3) is 0 Å². The maximum absolute atomic E-state index is 13.6. The van der Waals surface area contributed by atoms with Crippen molar-refractivity contribution in [3.05, 3.63) is 21.9 Å². The van der Waals surface area contributed by atoms with E-state index in [0.717, 1.165) is 5.56 Å². The zero-order valence-corrected chi connectivity index (χ0v) is 13.0. The Labute approximate surface area is 127 Å². The van der Waals surface area contributed by atoms with Gasteiger partial charge in [0.05, 0.1) is 12.1 Å². The molecule has 2 N–H and O–H groups in total. The van der Waals surface area contributed by atoms with E-state index >= 15 is 0 Å². The van der Waals surface area contributed by atoms with Gasteiger partial charge in [0.25, 0.3) is 5.91 Å². The molecule has 2 rings (SSSR count). The maximum atomic E-state index is 13.6. The van der Waals surface area contributed by atoms with Crippen LogP contribution in [0, 0.1) is 6.92 Å². The van der Waals surface area contributed by atoms with Crippen molar-refractivity contribution in [2.45, 2.75) is 25.6 Å². The summed E-state index contributed by atoms with van der Waals surface area (Å²) in [5.41, 5.74) is 6.81. The van der Waals surface area contributed by atoms with E-state index in [2.05, 4.69) is 0 Å². The summed E-state index contributed by atoms with van der Waals surface area (Å²) in [5, 5.41) is 3.75.